The van der Waals surface area contributed by atoms with E-state index in [0.29, 0.717) is 0 Å². The van der Waals surface area contributed by atoms with Crippen LogP contribution in [0.15, 0.2) is 133 Å². The van der Waals surface area contributed by atoms with Crippen LogP contribution < -0.4 is 0 Å². The molecule has 0 amide bonds. The molecular weight excluding hydrogens is 408 g/mol. The zero-order valence-electron chi connectivity index (χ0n) is 38.1. The molecule has 7 aromatic rings. The van der Waals surface area contributed by atoms with Gasteiger partial charge in [-0.25, -0.2) is 0 Å². The van der Waals surface area contributed by atoms with E-state index in [9.17, 15) is 6.85 Å². The molecule has 0 heteroatoms. The van der Waals surface area contributed by atoms with Gasteiger partial charge in [-0.2, -0.15) is 0 Å². The van der Waals surface area contributed by atoms with Gasteiger partial charge in [0, 0.05) is 0 Å². The molecule has 0 aliphatic rings. The van der Waals surface area contributed by atoms with Crippen molar-refractivity contribution in [2.24, 2.45) is 0 Å². The van der Waals surface area contributed by atoms with Crippen molar-refractivity contribution in [3.8, 4) is 22.3 Å². The van der Waals surface area contributed by atoms with Crippen molar-refractivity contribution in [2.45, 2.75) is 0 Å². The fraction of sp³-hybridized carbons (Fsp3) is 0. The third kappa shape index (κ3) is 2.86. The summed E-state index contributed by atoms with van der Waals surface area (Å²) in [6.07, 6.45) is 0. The van der Waals surface area contributed by atoms with Crippen molar-refractivity contribution in [3.05, 3.63) is 133 Å². The van der Waals surface area contributed by atoms with Crippen molar-refractivity contribution in [1.82, 2.24) is 0 Å². The highest BCUT2D eigenvalue weighted by atomic mass is 14.2. The first-order valence-electron chi connectivity index (χ1n) is 20.6. The lowest BCUT2D eigenvalue weighted by Gasteiger charge is -2.19. The van der Waals surface area contributed by atoms with E-state index in [1.807, 2.05) is 0 Å². The Morgan fingerprint density at radius 2 is 0.882 bits per heavy atom. The number of hydrogen-bond acceptors (Lipinski definition) is 0. The predicted octanol–water partition coefficient (Wildman–Crippen LogP) is 9.63. The van der Waals surface area contributed by atoms with Crippen LogP contribution in [0.3, 0.4) is 0 Å². The van der Waals surface area contributed by atoms with Crippen LogP contribution in [0, 0.1) is 0 Å². The normalized spacial score (nSPS) is 20.2. The summed E-state index contributed by atoms with van der Waals surface area (Å²) in [6.45, 7) is 0. The standard InChI is InChI=1S/C34H22/c1-2-12-25-22-26(21-20-23(25)10-1)33-29-15-5-7-17-31(29)34(32-18-8-6-16-30(32)33)28-19-9-13-24-11-3-4-14-27(24)28/h1-22H/i1D,2D,3D,4D,5D,6D,7D,8D,9D,10D,11D,12D,13D,14D,15D,16D,17D,18D,19D,21D,22D. The van der Waals surface area contributed by atoms with E-state index < -0.39 is 187 Å². The minimum Gasteiger partial charge on any atom is -0.0616 e. The Morgan fingerprint density at radius 3 is 1.56 bits per heavy atom. The van der Waals surface area contributed by atoms with Crippen LogP contribution in [0.4, 0.5) is 0 Å². The highest BCUT2D eigenvalue weighted by molar-refractivity contribution is 6.23. The zero-order valence-corrected chi connectivity index (χ0v) is 17.1. The van der Waals surface area contributed by atoms with E-state index in [1.165, 1.54) is 0 Å². The van der Waals surface area contributed by atoms with Crippen LogP contribution in [0.25, 0.3) is 65.3 Å². The summed E-state index contributed by atoms with van der Waals surface area (Å²) in [5.41, 5.74) is -2.22. The SMILES string of the molecule is [2H]c1cc2c([2H])c([2H])c([2H])c([2H])c2c([2H])c1-c1c2c([2H])c([2H])c([2H])c([2H])c2c(-c2c([2H])c([2H])c([2H])c3c([2H])c([2H])c([2H])c([2H])c23)c2c([2H])c([2H])c([2H])c([2H])c12. The van der Waals surface area contributed by atoms with E-state index in [1.54, 1.807) is 0 Å². The minimum atomic E-state index is -0.879. The van der Waals surface area contributed by atoms with Crippen LogP contribution in [0.1, 0.15) is 28.8 Å². The second kappa shape index (κ2) is 7.57. The van der Waals surface area contributed by atoms with E-state index in [0.717, 1.165) is 6.07 Å². The summed E-state index contributed by atoms with van der Waals surface area (Å²) >= 11 is 0. The Kier molecular flexibility index (Phi) is 1.68. The van der Waals surface area contributed by atoms with Gasteiger partial charge in [0.1, 0.15) is 0 Å². The minimum absolute atomic E-state index is 0.239. The van der Waals surface area contributed by atoms with Crippen molar-refractivity contribution >= 4 is 43.1 Å². The zero-order chi connectivity index (χ0) is 40.8. The van der Waals surface area contributed by atoms with Gasteiger partial charge in [0.2, 0.25) is 0 Å². The molecule has 158 valence electrons. The maximum absolute atomic E-state index is 9.31. The van der Waals surface area contributed by atoms with Gasteiger partial charge < -0.3 is 0 Å². The fourth-order valence-electron chi connectivity index (χ4n) is 4.09. The molecule has 0 N–H and O–H groups in total. The molecular formula is C34H22. The molecule has 0 heterocycles. The van der Waals surface area contributed by atoms with Gasteiger partial charge in [-0.05, 0) is 71.4 Å². The average molecular weight is 452 g/mol. The summed E-state index contributed by atoms with van der Waals surface area (Å²) in [4.78, 5) is 0. The lowest BCUT2D eigenvalue weighted by molar-refractivity contribution is 1.68. The Bertz CT molecular complexity index is 2900. The Morgan fingerprint density at radius 1 is 0.382 bits per heavy atom. The van der Waals surface area contributed by atoms with Crippen LogP contribution >= 0.6 is 0 Å². The largest absolute Gasteiger partial charge is 0.0636 e. The lowest BCUT2D eigenvalue weighted by Crippen LogP contribution is -1.91. The molecule has 0 fully saturated rings. The third-order valence-electron chi connectivity index (χ3n) is 5.51. The summed E-state index contributed by atoms with van der Waals surface area (Å²) in [6, 6.07) is -15.7. The van der Waals surface area contributed by atoms with Crippen LogP contribution in [-0.2, 0) is 0 Å². The van der Waals surface area contributed by atoms with Gasteiger partial charge in [-0.1, -0.05) is 127 Å². The summed E-state index contributed by atoms with van der Waals surface area (Å²) in [5, 5.41) is -4.00. The lowest BCUT2D eigenvalue weighted by atomic mass is 9.84. The van der Waals surface area contributed by atoms with Crippen LogP contribution in [0.2, 0.25) is 0 Å². The van der Waals surface area contributed by atoms with E-state index in [2.05, 4.69) is 0 Å². The quantitative estimate of drug-likeness (QED) is 0.229. The molecule has 0 atom stereocenters. The van der Waals surface area contributed by atoms with Crippen LogP contribution in [-0.4, -0.2) is 0 Å². The Labute approximate surface area is 228 Å². The number of fused-ring (bicyclic) bond motifs is 4. The second-order valence-electron chi connectivity index (χ2n) is 7.33. The first kappa shape index (κ1) is 7.55. The van der Waals surface area contributed by atoms with Gasteiger partial charge >= 0.3 is 0 Å². The highest BCUT2D eigenvalue weighted by Crippen LogP contribution is 2.45. The summed E-state index contributed by atoms with van der Waals surface area (Å²) in [7, 11) is 0. The van der Waals surface area contributed by atoms with Gasteiger partial charge in [-0.3, -0.25) is 0 Å². The van der Waals surface area contributed by atoms with Crippen molar-refractivity contribution < 1.29 is 28.8 Å². The molecule has 0 unspecified atom stereocenters. The Balaban J connectivity index is 1.94. The highest BCUT2D eigenvalue weighted by Gasteiger charge is 2.17. The van der Waals surface area contributed by atoms with Gasteiger partial charge in [0.15, 0.2) is 0 Å². The first-order valence-corrected chi connectivity index (χ1v) is 10.1. The predicted molar refractivity (Wildman–Crippen MR) is 147 cm³/mol. The molecule has 0 aromatic heterocycles. The summed E-state index contributed by atoms with van der Waals surface area (Å²) < 4.78 is 184. The van der Waals surface area contributed by atoms with Crippen molar-refractivity contribution in [3.63, 3.8) is 0 Å². The maximum atomic E-state index is 9.31. The third-order valence-corrected chi connectivity index (χ3v) is 5.51. The molecule has 0 saturated heterocycles. The smallest absolute Gasteiger partial charge is 0.0616 e. The molecule has 0 radical (unpaired) electrons. The van der Waals surface area contributed by atoms with Gasteiger partial charge in [0.05, 0.1) is 28.8 Å². The Hall–Kier alpha value is -4.42. The number of benzene rings is 7. The molecule has 0 saturated carbocycles. The van der Waals surface area contributed by atoms with Gasteiger partial charge in [-0.15, -0.1) is 0 Å². The van der Waals surface area contributed by atoms with Crippen molar-refractivity contribution in [2.75, 3.05) is 0 Å². The van der Waals surface area contributed by atoms with E-state index >= 15 is 0 Å². The molecule has 34 heavy (non-hydrogen) atoms. The fourth-order valence-corrected chi connectivity index (χ4v) is 4.09. The average Bonchev–Trinajstić information content (AvgIpc) is 3.15. The molecule has 0 aliphatic heterocycles. The molecule has 0 aliphatic carbocycles. The molecule has 0 nitrogen and oxygen atoms in total. The molecule has 0 bridgehead atoms. The topological polar surface area (TPSA) is 0 Å². The van der Waals surface area contributed by atoms with Crippen LogP contribution in [0.5, 0.6) is 0 Å². The molecule has 0 spiro atoms. The summed E-state index contributed by atoms with van der Waals surface area (Å²) in [5.74, 6) is 0. The molecule has 7 aromatic carbocycles. The second-order valence-corrected chi connectivity index (χ2v) is 7.33. The molecule has 7 rings (SSSR count). The number of hydrogen-bond donors (Lipinski definition) is 0. The van der Waals surface area contributed by atoms with E-state index in [-0.39, 0.29) is 5.39 Å². The van der Waals surface area contributed by atoms with Crippen molar-refractivity contribution in [1.29, 1.82) is 0 Å². The first-order chi connectivity index (χ1) is 25.6. The monoisotopic (exact) mass is 451 g/mol. The maximum Gasteiger partial charge on any atom is 0.0636 e. The van der Waals surface area contributed by atoms with Gasteiger partial charge in [0.25, 0.3) is 0 Å². The van der Waals surface area contributed by atoms with E-state index in [4.69, 9.17) is 21.9 Å². The number of rotatable bonds is 2.